The maximum Gasteiger partial charge on any atom is 0.210 e. The van der Waals surface area contributed by atoms with Gasteiger partial charge in [-0.05, 0) is 6.92 Å². The fourth-order valence-corrected chi connectivity index (χ4v) is 3.33. The fraction of sp³-hybridized carbons (Fsp3) is 0.857. The Labute approximate surface area is 77.3 Å². The number of carbonyl (C=O) groups excluding carboxylic acids is 1. The van der Waals surface area contributed by atoms with E-state index in [2.05, 4.69) is 0 Å². The van der Waals surface area contributed by atoms with E-state index >= 15 is 0 Å². The zero-order valence-corrected chi connectivity index (χ0v) is 8.20. The highest BCUT2D eigenvalue weighted by molar-refractivity contribution is 7.91. The first kappa shape index (κ1) is 10.5. The summed E-state index contributed by atoms with van der Waals surface area (Å²) in [7, 11) is -3.16. The van der Waals surface area contributed by atoms with E-state index < -0.39 is 22.0 Å². The number of rotatable bonds is 3. The molecule has 5 nitrogen and oxygen atoms in total. The van der Waals surface area contributed by atoms with Crippen LogP contribution < -0.4 is 0 Å². The Balaban J connectivity index is 2.77. The zero-order chi connectivity index (χ0) is 10.1. The second-order valence-corrected chi connectivity index (χ2v) is 5.30. The summed E-state index contributed by atoms with van der Waals surface area (Å²) in [5.41, 5.74) is 0. The normalized spacial score (nSPS) is 31.5. The lowest BCUT2D eigenvalue weighted by Gasteiger charge is -2.24. The molecule has 2 unspecified atom stereocenters. The van der Waals surface area contributed by atoms with Crippen LogP contribution in [0, 0.1) is 0 Å². The lowest BCUT2D eigenvalue weighted by Crippen LogP contribution is -2.42. The Hall–Kier alpha value is -0.620. The molecule has 1 aliphatic rings. The Morgan fingerprint density at radius 3 is 2.46 bits per heavy atom. The summed E-state index contributed by atoms with van der Waals surface area (Å²) in [5, 5.41) is 9.38. The molecular weight excluding hydrogens is 194 g/mol. The average Bonchev–Trinajstić information content (AvgIpc) is 2.28. The Kier molecular flexibility index (Phi) is 2.92. The van der Waals surface area contributed by atoms with Crippen molar-refractivity contribution < 1.29 is 18.3 Å². The molecule has 1 N–H and O–H groups in total. The SMILES string of the molecule is CCN(C=O)C1CS(=O)(=O)CC1O. The van der Waals surface area contributed by atoms with E-state index in [0.717, 1.165) is 0 Å². The first-order chi connectivity index (χ1) is 6.00. The van der Waals surface area contributed by atoms with E-state index in [1.54, 1.807) is 6.92 Å². The molecule has 1 heterocycles. The van der Waals surface area contributed by atoms with Crippen LogP contribution in [0.2, 0.25) is 0 Å². The summed E-state index contributed by atoms with van der Waals surface area (Å²) in [5.74, 6) is -0.358. The van der Waals surface area contributed by atoms with Crippen LogP contribution in [0.5, 0.6) is 0 Å². The number of carbonyl (C=O) groups is 1. The van der Waals surface area contributed by atoms with Gasteiger partial charge in [0.1, 0.15) is 0 Å². The van der Waals surface area contributed by atoms with Crippen LogP contribution in [0.25, 0.3) is 0 Å². The van der Waals surface area contributed by atoms with Gasteiger partial charge >= 0.3 is 0 Å². The molecule has 6 heteroatoms. The summed E-state index contributed by atoms with van der Waals surface area (Å²) in [6.07, 6.45) is -0.357. The minimum Gasteiger partial charge on any atom is -0.390 e. The molecule has 0 aromatic rings. The van der Waals surface area contributed by atoms with E-state index in [0.29, 0.717) is 13.0 Å². The largest absolute Gasteiger partial charge is 0.390 e. The van der Waals surface area contributed by atoms with Gasteiger partial charge in [0.05, 0.1) is 23.7 Å². The molecule has 1 aliphatic heterocycles. The number of aliphatic hydroxyl groups excluding tert-OH is 1. The second-order valence-electron chi connectivity index (χ2n) is 3.15. The number of likely N-dealkylation sites (N-methyl/N-ethyl adjacent to an activating group) is 1. The summed E-state index contributed by atoms with van der Waals surface area (Å²) < 4.78 is 22.2. The molecule has 0 saturated carbocycles. The summed E-state index contributed by atoms with van der Waals surface area (Å²) in [6.45, 7) is 2.16. The highest BCUT2D eigenvalue weighted by atomic mass is 32.2. The molecule has 1 saturated heterocycles. The van der Waals surface area contributed by atoms with Crippen LogP contribution in [-0.2, 0) is 14.6 Å². The zero-order valence-electron chi connectivity index (χ0n) is 7.38. The van der Waals surface area contributed by atoms with E-state index in [-0.39, 0.29) is 11.5 Å². The molecule has 2 atom stereocenters. The van der Waals surface area contributed by atoms with Crippen molar-refractivity contribution in [2.24, 2.45) is 0 Å². The highest BCUT2D eigenvalue weighted by Crippen LogP contribution is 2.16. The molecule has 0 radical (unpaired) electrons. The number of hydrogen-bond donors (Lipinski definition) is 1. The van der Waals surface area contributed by atoms with Gasteiger partial charge in [0.15, 0.2) is 9.84 Å². The van der Waals surface area contributed by atoms with Crippen molar-refractivity contribution in [1.29, 1.82) is 0 Å². The van der Waals surface area contributed by atoms with Crippen molar-refractivity contribution in [3.05, 3.63) is 0 Å². The van der Waals surface area contributed by atoms with Gasteiger partial charge in [-0.3, -0.25) is 4.79 Å². The number of aliphatic hydroxyl groups is 1. The van der Waals surface area contributed by atoms with Crippen molar-refractivity contribution in [2.45, 2.75) is 19.1 Å². The average molecular weight is 207 g/mol. The van der Waals surface area contributed by atoms with Crippen molar-refractivity contribution >= 4 is 16.2 Å². The number of nitrogens with zero attached hydrogens (tertiary/aromatic N) is 1. The van der Waals surface area contributed by atoms with Crippen molar-refractivity contribution in [3.63, 3.8) is 0 Å². The molecule has 0 aromatic heterocycles. The molecular formula is C7H13NO4S. The predicted molar refractivity (Wildman–Crippen MR) is 46.9 cm³/mol. The quantitative estimate of drug-likeness (QED) is 0.579. The minimum absolute atomic E-state index is 0.124. The maximum absolute atomic E-state index is 11.1. The molecule has 0 spiro atoms. The molecule has 0 aliphatic carbocycles. The van der Waals surface area contributed by atoms with Gasteiger partial charge < -0.3 is 10.0 Å². The van der Waals surface area contributed by atoms with Crippen LogP contribution in [-0.4, -0.2) is 55.0 Å². The Morgan fingerprint density at radius 2 is 2.15 bits per heavy atom. The first-order valence-corrected chi connectivity index (χ1v) is 5.92. The standard InChI is InChI=1S/C7H13NO4S/c1-2-8(5-9)6-3-13(11,12)4-7(6)10/h5-7,10H,2-4H2,1H3. The van der Waals surface area contributed by atoms with Gasteiger partial charge in [-0.15, -0.1) is 0 Å². The van der Waals surface area contributed by atoms with Gasteiger partial charge in [-0.1, -0.05) is 0 Å². The van der Waals surface area contributed by atoms with Gasteiger partial charge in [-0.25, -0.2) is 8.42 Å². The Bertz CT molecular complexity index is 287. The van der Waals surface area contributed by atoms with Crippen molar-refractivity contribution in [2.75, 3.05) is 18.1 Å². The third-order valence-corrected chi connectivity index (χ3v) is 3.92. The van der Waals surface area contributed by atoms with Gasteiger partial charge in [-0.2, -0.15) is 0 Å². The number of sulfone groups is 1. The van der Waals surface area contributed by atoms with E-state index in [4.69, 9.17) is 0 Å². The van der Waals surface area contributed by atoms with Crippen LogP contribution >= 0.6 is 0 Å². The topological polar surface area (TPSA) is 74.7 Å². The molecule has 0 aromatic carbocycles. The third-order valence-electron chi connectivity index (χ3n) is 2.22. The van der Waals surface area contributed by atoms with E-state index in [1.807, 2.05) is 0 Å². The fourth-order valence-electron chi connectivity index (χ4n) is 1.51. The van der Waals surface area contributed by atoms with Crippen molar-refractivity contribution in [1.82, 2.24) is 4.90 Å². The Morgan fingerprint density at radius 1 is 1.54 bits per heavy atom. The molecule has 1 amide bonds. The predicted octanol–water partition coefficient (Wildman–Crippen LogP) is -1.38. The minimum atomic E-state index is -3.16. The van der Waals surface area contributed by atoms with Crippen LogP contribution in [0.15, 0.2) is 0 Å². The molecule has 0 bridgehead atoms. The second kappa shape index (κ2) is 3.63. The summed E-state index contributed by atoms with van der Waals surface area (Å²) >= 11 is 0. The smallest absolute Gasteiger partial charge is 0.210 e. The number of amides is 1. The van der Waals surface area contributed by atoms with Gasteiger partial charge in [0.25, 0.3) is 0 Å². The highest BCUT2D eigenvalue weighted by Gasteiger charge is 2.39. The lowest BCUT2D eigenvalue weighted by molar-refractivity contribution is -0.121. The number of hydrogen-bond acceptors (Lipinski definition) is 4. The molecule has 1 rings (SSSR count). The molecule has 76 valence electrons. The molecule has 1 fully saturated rings. The van der Waals surface area contributed by atoms with E-state index in [9.17, 15) is 18.3 Å². The lowest BCUT2D eigenvalue weighted by atomic mass is 10.2. The maximum atomic E-state index is 11.1. The monoisotopic (exact) mass is 207 g/mol. The van der Waals surface area contributed by atoms with Gasteiger partial charge in [0, 0.05) is 6.54 Å². The summed E-state index contributed by atoms with van der Waals surface area (Å²) in [6, 6.07) is -0.563. The first-order valence-electron chi connectivity index (χ1n) is 4.09. The molecule has 13 heavy (non-hydrogen) atoms. The van der Waals surface area contributed by atoms with Crippen LogP contribution in [0.3, 0.4) is 0 Å². The summed E-state index contributed by atoms with van der Waals surface area (Å²) in [4.78, 5) is 11.8. The third kappa shape index (κ3) is 2.19. The van der Waals surface area contributed by atoms with E-state index in [1.165, 1.54) is 4.90 Å². The van der Waals surface area contributed by atoms with Crippen molar-refractivity contribution in [3.8, 4) is 0 Å². The van der Waals surface area contributed by atoms with Crippen LogP contribution in [0.1, 0.15) is 6.92 Å². The van der Waals surface area contributed by atoms with Gasteiger partial charge in [0.2, 0.25) is 6.41 Å². The van der Waals surface area contributed by atoms with Crippen LogP contribution in [0.4, 0.5) is 0 Å².